The minimum atomic E-state index is 0.204. The number of nitrogens with two attached hydrogens (primary N) is 1. The van der Waals surface area contributed by atoms with Crippen molar-refractivity contribution < 1.29 is 9.47 Å². The number of aromatic nitrogens is 3. The lowest BCUT2D eigenvalue weighted by molar-refractivity contribution is 0.146. The van der Waals surface area contributed by atoms with Gasteiger partial charge in [0.1, 0.15) is 12.4 Å². The molecule has 0 radical (unpaired) electrons. The summed E-state index contributed by atoms with van der Waals surface area (Å²) in [5.74, 6) is 2.56. The largest absolute Gasteiger partial charge is 0.491 e. The van der Waals surface area contributed by atoms with Crippen molar-refractivity contribution in [1.29, 1.82) is 0 Å². The number of nitrogen functional groups attached to an aromatic ring is 1. The van der Waals surface area contributed by atoms with Gasteiger partial charge in [0, 0.05) is 39.0 Å². The van der Waals surface area contributed by atoms with E-state index in [4.69, 9.17) is 15.2 Å². The first-order chi connectivity index (χ1) is 20.0. The van der Waals surface area contributed by atoms with Crippen LogP contribution < -0.4 is 26.0 Å². The highest BCUT2D eigenvalue weighted by molar-refractivity contribution is 5.53. The van der Waals surface area contributed by atoms with Crippen molar-refractivity contribution in [2.24, 2.45) is 16.1 Å². The van der Waals surface area contributed by atoms with Gasteiger partial charge < -0.3 is 30.7 Å². The molecule has 2 aromatic carbocycles. The maximum Gasteiger partial charge on any atom is 0.229 e. The number of unbranched alkanes of at least 4 members (excludes halogenated alkanes) is 1. The summed E-state index contributed by atoms with van der Waals surface area (Å²) in [4.78, 5) is 15.3. The summed E-state index contributed by atoms with van der Waals surface area (Å²) < 4.78 is 10.6. The Morgan fingerprint density at radius 1 is 0.878 bits per heavy atom. The Morgan fingerprint density at radius 3 is 2.15 bits per heavy atom. The van der Waals surface area contributed by atoms with Gasteiger partial charge in [-0.25, -0.2) is 0 Å². The number of rotatable bonds is 19. The molecule has 4 N–H and O–H groups in total. The molecule has 0 saturated carbocycles. The molecule has 1 atom stereocenters. The Bertz CT molecular complexity index is 1170. The number of ether oxygens (including phenoxy) is 2. The van der Waals surface area contributed by atoms with Crippen LogP contribution in [-0.2, 0) is 4.74 Å². The van der Waals surface area contributed by atoms with Crippen LogP contribution in [0, 0.1) is 5.92 Å². The van der Waals surface area contributed by atoms with Gasteiger partial charge in [-0.15, -0.1) is 0 Å². The fourth-order valence-corrected chi connectivity index (χ4v) is 4.20. The van der Waals surface area contributed by atoms with Crippen LogP contribution >= 0.6 is 0 Å². The number of hydrogen-bond acceptors (Lipinski definition) is 11. The molecule has 11 heteroatoms. The second-order valence-corrected chi connectivity index (χ2v) is 9.70. The van der Waals surface area contributed by atoms with Crippen molar-refractivity contribution >= 4 is 34.9 Å². The molecule has 1 unspecified atom stereocenters. The Hall–Kier alpha value is -3.99. The first kappa shape index (κ1) is 31.5. The van der Waals surface area contributed by atoms with E-state index in [9.17, 15) is 0 Å². The van der Waals surface area contributed by atoms with Crippen LogP contribution in [0.1, 0.15) is 46.5 Å². The van der Waals surface area contributed by atoms with Gasteiger partial charge in [-0.3, -0.25) is 0 Å². The number of azo groups is 1. The predicted molar refractivity (Wildman–Crippen MR) is 167 cm³/mol. The number of benzene rings is 2. The third-order valence-corrected chi connectivity index (χ3v) is 6.68. The number of nitrogens with one attached hydrogen (secondary N) is 2. The van der Waals surface area contributed by atoms with Gasteiger partial charge in [0.15, 0.2) is 0 Å². The Kier molecular flexibility index (Phi) is 13.6. The van der Waals surface area contributed by atoms with Crippen LogP contribution in [0.25, 0.3) is 0 Å². The molecule has 3 aromatic rings. The highest BCUT2D eigenvalue weighted by Crippen LogP contribution is 2.24. The monoisotopic (exact) mass is 563 g/mol. The molecule has 0 amide bonds. The van der Waals surface area contributed by atoms with Gasteiger partial charge in [-0.05, 0) is 67.8 Å². The van der Waals surface area contributed by atoms with Crippen LogP contribution in [0.4, 0.5) is 34.9 Å². The van der Waals surface area contributed by atoms with E-state index in [-0.39, 0.29) is 5.95 Å². The van der Waals surface area contributed by atoms with Crippen LogP contribution in [0.15, 0.2) is 58.8 Å². The number of likely N-dealkylation sites (N-methyl/N-ethyl adjacent to an activating group) is 1. The van der Waals surface area contributed by atoms with Crippen molar-refractivity contribution in [3.63, 3.8) is 0 Å². The fourth-order valence-electron chi connectivity index (χ4n) is 4.20. The first-order valence-electron chi connectivity index (χ1n) is 14.5. The lowest BCUT2D eigenvalue weighted by atomic mass is 9.99. The van der Waals surface area contributed by atoms with E-state index in [2.05, 4.69) is 73.6 Å². The lowest BCUT2D eigenvalue weighted by Crippen LogP contribution is -2.29. The summed E-state index contributed by atoms with van der Waals surface area (Å²) in [6, 6.07) is 15.5. The average molecular weight is 564 g/mol. The fraction of sp³-hybridized carbons (Fsp3) is 0.500. The Labute approximate surface area is 244 Å². The van der Waals surface area contributed by atoms with Crippen LogP contribution in [-0.4, -0.2) is 61.5 Å². The molecule has 1 aromatic heterocycles. The van der Waals surface area contributed by atoms with Crippen LogP contribution in [0.2, 0.25) is 0 Å². The van der Waals surface area contributed by atoms with Gasteiger partial charge in [-0.2, -0.15) is 25.2 Å². The van der Waals surface area contributed by atoms with Gasteiger partial charge in [0.05, 0.1) is 18.0 Å². The molecule has 1 heterocycles. The number of hydrogen-bond donors (Lipinski definition) is 3. The predicted octanol–water partition coefficient (Wildman–Crippen LogP) is 6.46. The third kappa shape index (κ3) is 11.2. The normalized spacial score (nSPS) is 11.9. The van der Waals surface area contributed by atoms with Crippen LogP contribution in [0.5, 0.6) is 5.75 Å². The zero-order valence-electron chi connectivity index (χ0n) is 24.8. The Morgan fingerprint density at radius 2 is 1.54 bits per heavy atom. The van der Waals surface area contributed by atoms with E-state index in [1.165, 1.54) is 19.3 Å². The summed E-state index contributed by atoms with van der Waals surface area (Å²) in [6.45, 7) is 10.7. The smallest absolute Gasteiger partial charge is 0.229 e. The van der Waals surface area contributed by atoms with Crippen molar-refractivity contribution in [3.05, 3.63) is 48.5 Å². The topological polar surface area (TPSA) is 135 Å². The SMILES string of the molecule is CCCCC(CC)CNc1nc(N)nc(NCCN(CC)c2ccc(N=Nc3ccc(OCCOC)cc3)cc2)n1. The zero-order valence-corrected chi connectivity index (χ0v) is 24.8. The molecule has 0 bridgehead atoms. The average Bonchev–Trinajstić information content (AvgIpc) is 2.99. The van der Waals surface area contributed by atoms with E-state index in [1.807, 2.05) is 36.4 Å². The molecule has 0 spiro atoms. The summed E-state index contributed by atoms with van der Waals surface area (Å²) in [7, 11) is 1.65. The van der Waals surface area contributed by atoms with E-state index >= 15 is 0 Å². The number of methoxy groups -OCH3 is 1. The lowest BCUT2D eigenvalue weighted by Gasteiger charge is -2.23. The molecule has 0 aliphatic carbocycles. The van der Waals surface area contributed by atoms with E-state index in [0.29, 0.717) is 37.6 Å². The van der Waals surface area contributed by atoms with E-state index in [1.54, 1.807) is 7.11 Å². The standard InChI is InChI=1S/C30H45N9O2/c1-5-8-9-23(6-2)22-33-30-35-28(31)34-29(36-30)32-18-19-39(7-3)26-14-10-24(11-15-26)37-38-25-12-16-27(17-13-25)41-21-20-40-4/h10-17,23H,5-9,18-22H2,1-4H3,(H4,31,32,33,34,35,36). The second kappa shape index (κ2) is 17.6. The maximum atomic E-state index is 5.95. The molecule has 41 heavy (non-hydrogen) atoms. The third-order valence-electron chi connectivity index (χ3n) is 6.68. The summed E-state index contributed by atoms with van der Waals surface area (Å²) in [6.07, 6.45) is 4.75. The number of nitrogens with zero attached hydrogens (tertiary/aromatic N) is 6. The zero-order chi connectivity index (χ0) is 29.3. The molecule has 0 aliphatic rings. The van der Waals surface area contributed by atoms with Crippen molar-refractivity contribution in [2.45, 2.75) is 46.5 Å². The highest BCUT2D eigenvalue weighted by Gasteiger charge is 2.10. The van der Waals surface area contributed by atoms with Crippen LogP contribution in [0.3, 0.4) is 0 Å². The van der Waals surface area contributed by atoms with Gasteiger partial charge in [0.2, 0.25) is 17.8 Å². The first-order valence-corrected chi connectivity index (χ1v) is 14.5. The second-order valence-electron chi connectivity index (χ2n) is 9.70. The molecule has 0 saturated heterocycles. The van der Waals surface area contributed by atoms with Gasteiger partial charge >= 0.3 is 0 Å². The number of anilines is 4. The summed E-state index contributed by atoms with van der Waals surface area (Å²) in [5, 5.41) is 15.3. The Balaban J connectivity index is 1.49. The van der Waals surface area contributed by atoms with E-state index < -0.39 is 0 Å². The molecule has 3 rings (SSSR count). The molecule has 0 aliphatic heterocycles. The van der Waals surface area contributed by atoms with Gasteiger partial charge in [-0.1, -0.05) is 33.1 Å². The van der Waals surface area contributed by atoms with Crippen molar-refractivity contribution in [1.82, 2.24) is 15.0 Å². The minimum absolute atomic E-state index is 0.204. The molecular formula is C30H45N9O2. The molecule has 11 nitrogen and oxygen atoms in total. The summed E-state index contributed by atoms with van der Waals surface area (Å²) in [5.41, 5.74) is 8.59. The van der Waals surface area contributed by atoms with Gasteiger partial charge in [0.25, 0.3) is 0 Å². The quantitative estimate of drug-likeness (QED) is 0.111. The molecule has 0 fully saturated rings. The maximum absolute atomic E-state index is 5.95. The summed E-state index contributed by atoms with van der Waals surface area (Å²) >= 11 is 0. The van der Waals surface area contributed by atoms with E-state index in [0.717, 1.165) is 48.9 Å². The molecule has 222 valence electrons. The highest BCUT2D eigenvalue weighted by atomic mass is 16.5. The minimum Gasteiger partial charge on any atom is -0.491 e. The van der Waals surface area contributed by atoms with Crippen molar-refractivity contribution in [3.8, 4) is 5.75 Å². The molecular weight excluding hydrogens is 518 g/mol. The van der Waals surface area contributed by atoms with Crippen molar-refractivity contribution in [2.75, 3.05) is 67.8 Å².